The van der Waals surface area contributed by atoms with Gasteiger partial charge in [-0.1, -0.05) is 143 Å². The van der Waals surface area contributed by atoms with Gasteiger partial charge in [-0.15, -0.1) is 0 Å². The molecule has 0 aromatic heterocycles. The molecular formula is C50H98N2O10. The molecule has 0 aromatic rings. The molecule has 0 radical (unpaired) electrons. The highest BCUT2D eigenvalue weighted by atomic mass is 16.7. The van der Waals surface area contributed by atoms with Crippen molar-refractivity contribution >= 4 is 18.0 Å². The molecule has 0 aliphatic heterocycles. The van der Waals surface area contributed by atoms with Crippen LogP contribution in [0.15, 0.2) is 0 Å². The van der Waals surface area contributed by atoms with Crippen LogP contribution in [0.25, 0.3) is 0 Å². The minimum absolute atomic E-state index is 0.0354. The first kappa shape index (κ1) is 60.0. The number of rotatable bonds is 47. The molecular weight excluding hydrogens is 789 g/mol. The third-order valence-electron chi connectivity index (χ3n) is 10.6. The molecule has 12 nitrogen and oxygen atoms in total. The van der Waals surface area contributed by atoms with Gasteiger partial charge < -0.3 is 33.7 Å². The van der Waals surface area contributed by atoms with E-state index in [9.17, 15) is 14.4 Å². The van der Waals surface area contributed by atoms with E-state index < -0.39 is 11.7 Å². The first-order valence-corrected chi connectivity index (χ1v) is 25.5. The Bertz CT molecular complexity index is 979. The van der Waals surface area contributed by atoms with Crippen molar-refractivity contribution in [2.45, 2.75) is 233 Å². The highest BCUT2D eigenvalue weighted by Gasteiger charge is 2.17. The monoisotopic (exact) mass is 887 g/mol. The van der Waals surface area contributed by atoms with E-state index in [0.29, 0.717) is 79.0 Å². The van der Waals surface area contributed by atoms with E-state index in [-0.39, 0.29) is 24.4 Å². The molecule has 368 valence electrons. The maximum Gasteiger partial charge on any atom is 0.407 e. The molecule has 0 fully saturated rings. The summed E-state index contributed by atoms with van der Waals surface area (Å²) in [5, 5.41) is 4.20. The lowest BCUT2D eigenvalue weighted by molar-refractivity contribution is -0.188. The standard InChI is InChI=1S/C50H98N2O10/c1-7-10-13-16-19-25-30-37-60-52(47(53)34-38-56-40-42-58-44-45-59-43-41-57-39-35-51-49(55)62-50(4,5)6)36-29-24-20-23-28-33-48(54)61-46(31-26-21-17-14-11-8-2)32-27-22-18-15-12-9-3/h46H,7-45H2,1-6H3,(H,51,55). The van der Waals surface area contributed by atoms with Crippen LogP contribution in [0.3, 0.4) is 0 Å². The fourth-order valence-electron chi connectivity index (χ4n) is 6.95. The SMILES string of the molecule is CCCCCCCCCON(CCCCCCCC(=O)OC(CCCCCCCC)CCCCCCCC)C(=O)CCOCCOCCOCCOCCNC(=O)OC(C)(C)C. The molecule has 0 saturated carbocycles. The Labute approximate surface area is 380 Å². The molecule has 0 aliphatic rings. The largest absolute Gasteiger partial charge is 0.462 e. The molecule has 2 amide bonds. The van der Waals surface area contributed by atoms with E-state index in [4.69, 9.17) is 33.3 Å². The quantitative estimate of drug-likeness (QED) is 0.0358. The number of ether oxygens (including phenoxy) is 6. The van der Waals surface area contributed by atoms with Gasteiger partial charge >= 0.3 is 12.1 Å². The predicted octanol–water partition coefficient (Wildman–Crippen LogP) is 12.2. The Balaban J connectivity index is 4.36. The number of carbonyl (C=O) groups is 3. The van der Waals surface area contributed by atoms with Crippen molar-refractivity contribution < 1.29 is 47.6 Å². The average molecular weight is 887 g/mol. The van der Waals surface area contributed by atoms with Crippen molar-refractivity contribution in [2.24, 2.45) is 0 Å². The van der Waals surface area contributed by atoms with Gasteiger partial charge in [0.1, 0.15) is 11.7 Å². The zero-order valence-corrected chi connectivity index (χ0v) is 41.2. The van der Waals surface area contributed by atoms with Crippen LogP contribution in [0.4, 0.5) is 4.79 Å². The van der Waals surface area contributed by atoms with Gasteiger partial charge in [0.15, 0.2) is 0 Å². The molecule has 0 unspecified atom stereocenters. The second kappa shape index (κ2) is 45.6. The summed E-state index contributed by atoms with van der Waals surface area (Å²) in [5.41, 5.74) is -0.525. The third-order valence-corrected chi connectivity index (χ3v) is 10.6. The predicted molar refractivity (Wildman–Crippen MR) is 251 cm³/mol. The van der Waals surface area contributed by atoms with Gasteiger partial charge in [0, 0.05) is 19.5 Å². The van der Waals surface area contributed by atoms with E-state index in [1.165, 1.54) is 96.3 Å². The van der Waals surface area contributed by atoms with Gasteiger partial charge in [0.05, 0.1) is 65.9 Å². The zero-order valence-electron chi connectivity index (χ0n) is 41.2. The summed E-state index contributed by atoms with van der Waals surface area (Å²) in [6, 6.07) is 0. The molecule has 0 atom stereocenters. The van der Waals surface area contributed by atoms with Gasteiger partial charge in [0.25, 0.3) is 0 Å². The van der Waals surface area contributed by atoms with E-state index in [1.807, 2.05) is 20.8 Å². The average Bonchev–Trinajstić information content (AvgIpc) is 3.23. The number of unbranched alkanes of at least 4 members (excludes halogenated alkanes) is 20. The highest BCUT2D eigenvalue weighted by Crippen LogP contribution is 2.19. The lowest BCUT2D eigenvalue weighted by Gasteiger charge is -2.22. The first-order chi connectivity index (χ1) is 30.1. The Morgan fingerprint density at radius 2 is 0.919 bits per heavy atom. The summed E-state index contributed by atoms with van der Waals surface area (Å²) in [4.78, 5) is 43.6. The van der Waals surface area contributed by atoms with E-state index in [0.717, 1.165) is 70.6 Å². The maximum absolute atomic E-state index is 13.1. The number of nitrogens with zero attached hydrogens (tertiary/aromatic N) is 1. The minimum atomic E-state index is -0.525. The topological polar surface area (TPSA) is 131 Å². The van der Waals surface area contributed by atoms with Crippen molar-refractivity contribution in [3.63, 3.8) is 0 Å². The fraction of sp³-hybridized carbons (Fsp3) is 0.940. The molecule has 0 saturated heterocycles. The number of alkyl carbamates (subject to hydrolysis) is 1. The summed E-state index contributed by atoms with van der Waals surface area (Å²) in [5.74, 6) is -0.0869. The van der Waals surface area contributed by atoms with Gasteiger partial charge in [-0.25, -0.2) is 9.86 Å². The number of esters is 1. The lowest BCUT2D eigenvalue weighted by atomic mass is 10.0. The normalized spacial score (nSPS) is 11.7. The highest BCUT2D eigenvalue weighted by molar-refractivity contribution is 5.75. The fourth-order valence-corrected chi connectivity index (χ4v) is 6.95. The molecule has 0 rings (SSSR count). The van der Waals surface area contributed by atoms with Crippen LogP contribution in [-0.4, -0.2) is 107 Å². The summed E-state index contributed by atoms with van der Waals surface area (Å²) < 4.78 is 33.5. The van der Waals surface area contributed by atoms with Crippen molar-refractivity contribution in [1.82, 2.24) is 10.4 Å². The zero-order chi connectivity index (χ0) is 45.6. The second-order valence-electron chi connectivity index (χ2n) is 17.8. The number of amides is 2. The molecule has 0 aromatic carbocycles. The lowest BCUT2D eigenvalue weighted by Crippen LogP contribution is -2.34. The van der Waals surface area contributed by atoms with Gasteiger partial charge in [-0.2, -0.15) is 0 Å². The van der Waals surface area contributed by atoms with Crippen molar-refractivity contribution in [1.29, 1.82) is 0 Å². The van der Waals surface area contributed by atoms with Gasteiger partial charge in [-0.3, -0.25) is 14.4 Å². The van der Waals surface area contributed by atoms with Gasteiger partial charge in [0.2, 0.25) is 5.91 Å². The molecule has 0 bridgehead atoms. The molecule has 0 spiro atoms. The molecule has 0 aliphatic carbocycles. The first-order valence-electron chi connectivity index (χ1n) is 25.5. The van der Waals surface area contributed by atoms with E-state index >= 15 is 0 Å². The van der Waals surface area contributed by atoms with Crippen LogP contribution in [0.1, 0.15) is 221 Å². The number of hydrogen-bond acceptors (Lipinski definition) is 10. The Hall–Kier alpha value is -1.99. The third kappa shape index (κ3) is 44.6. The van der Waals surface area contributed by atoms with E-state index in [2.05, 4.69) is 26.1 Å². The Morgan fingerprint density at radius 1 is 0.484 bits per heavy atom. The summed E-state index contributed by atoms with van der Waals surface area (Å²) in [7, 11) is 0. The van der Waals surface area contributed by atoms with Crippen molar-refractivity contribution in [2.75, 3.05) is 72.6 Å². The van der Waals surface area contributed by atoms with Crippen LogP contribution in [0.2, 0.25) is 0 Å². The van der Waals surface area contributed by atoms with Crippen molar-refractivity contribution in [3.05, 3.63) is 0 Å². The Morgan fingerprint density at radius 3 is 1.44 bits per heavy atom. The van der Waals surface area contributed by atoms with Crippen LogP contribution in [-0.2, 0) is 42.8 Å². The minimum Gasteiger partial charge on any atom is -0.462 e. The smallest absolute Gasteiger partial charge is 0.407 e. The van der Waals surface area contributed by atoms with Crippen LogP contribution in [0, 0.1) is 0 Å². The molecule has 1 N–H and O–H groups in total. The number of nitrogens with one attached hydrogen (secondary N) is 1. The number of hydrogen-bond donors (Lipinski definition) is 1. The summed E-state index contributed by atoms with van der Waals surface area (Å²) >= 11 is 0. The van der Waals surface area contributed by atoms with Gasteiger partial charge in [-0.05, 0) is 65.7 Å². The van der Waals surface area contributed by atoms with Crippen molar-refractivity contribution in [3.8, 4) is 0 Å². The second-order valence-corrected chi connectivity index (χ2v) is 17.8. The summed E-state index contributed by atoms with van der Waals surface area (Å²) in [6.07, 6.45) is 30.5. The van der Waals surface area contributed by atoms with Crippen LogP contribution in [0.5, 0.6) is 0 Å². The number of carbonyl (C=O) groups excluding carboxylic acids is 3. The summed E-state index contributed by atoms with van der Waals surface area (Å²) in [6.45, 7) is 16.9. The maximum atomic E-state index is 13.1. The molecule has 62 heavy (non-hydrogen) atoms. The van der Waals surface area contributed by atoms with Crippen LogP contribution < -0.4 is 5.32 Å². The molecule has 12 heteroatoms. The van der Waals surface area contributed by atoms with E-state index in [1.54, 1.807) is 5.06 Å². The number of hydroxylamine groups is 2. The molecule has 0 heterocycles. The van der Waals surface area contributed by atoms with Crippen LogP contribution >= 0.6 is 0 Å². The Kier molecular flexibility index (Phi) is 44.1.